The van der Waals surface area contributed by atoms with Crippen LogP contribution in [-0.2, 0) is 23.1 Å². The molecule has 4 heteroatoms. The van der Waals surface area contributed by atoms with E-state index in [0.29, 0.717) is 0 Å². The second kappa shape index (κ2) is 3.67. The standard InChI is InChI=1S/C15H11BrN2O/c16-11-4-3-9-7-15(8-10(9)6-11)12-2-1-5-17-13(12)18-14(15)19/h1-6H,7-8H2,(H,17,18,19). The Hall–Kier alpha value is -1.68. The van der Waals surface area contributed by atoms with Crippen molar-refractivity contribution in [2.75, 3.05) is 5.32 Å². The maximum absolute atomic E-state index is 12.4. The van der Waals surface area contributed by atoms with E-state index < -0.39 is 5.41 Å². The Balaban J connectivity index is 1.88. The molecule has 0 radical (unpaired) electrons. The number of anilines is 1. The number of hydrogen-bond acceptors (Lipinski definition) is 2. The maximum Gasteiger partial charge on any atom is 0.237 e. The van der Waals surface area contributed by atoms with Gasteiger partial charge in [-0.05, 0) is 42.2 Å². The van der Waals surface area contributed by atoms with Crippen molar-refractivity contribution < 1.29 is 4.79 Å². The van der Waals surface area contributed by atoms with E-state index in [1.54, 1.807) is 6.20 Å². The van der Waals surface area contributed by atoms with Crippen LogP contribution in [-0.4, -0.2) is 10.9 Å². The van der Waals surface area contributed by atoms with E-state index in [1.807, 2.05) is 18.2 Å². The van der Waals surface area contributed by atoms with Crippen molar-refractivity contribution in [3.63, 3.8) is 0 Å². The molecule has 1 aliphatic carbocycles. The zero-order valence-corrected chi connectivity index (χ0v) is 11.7. The lowest BCUT2D eigenvalue weighted by Gasteiger charge is -2.20. The minimum Gasteiger partial charge on any atom is -0.310 e. The molecule has 1 unspecified atom stereocenters. The molecule has 1 N–H and O–H groups in total. The summed E-state index contributed by atoms with van der Waals surface area (Å²) in [7, 11) is 0. The van der Waals surface area contributed by atoms with Gasteiger partial charge in [0.15, 0.2) is 0 Å². The average molecular weight is 315 g/mol. The molecule has 0 fully saturated rings. The number of carbonyl (C=O) groups excluding carboxylic acids is 1. The lowest BCUT2D eigenvalue weighted by atomic mass is 9.79. The molecular formula is C15H11BrN2O. The lowest BCUT2D eigenvalue weighted by molar-refractivity contribution is -0.120. The van der Waals surface area contributed by atoms with Crippen LogP contribution in [0.4, 0.5) is 5.82 Å². The molecule has 4 rings (SSSR count). The van der Waals surface area contributed by atoms with Gasteiger partial charge in [-0.3, -0.25) is 4.79 Å². The van der Waals surface area contributed by atoms with Crippen LogP contribution in [0.1, 0.15) is 16.7 Å². The second-order valence-electron chi connectivity index (χ2n) is 5.20. The number of hydrogen-bond donors (Lipinski definition) is 1. The highest BCUT2D eigenvalue weighted by Gasteiger charge is 2.50. The van der Waals surface area contributed by atoms with Crippen LogP contribution in [0, 0.1) is 0 Å². The lowest BCUT2D eigenvalue weighted by Crippen LogP contribution is -2.35. The van der Waals surface area contributed by atoms with E-state index in [2.05, 4.69) is 38.4 Å². The van der Waals surface area contributed by atoms with E-state index in [1.165, 1.54) is 11.1 Å². The number of nitrogens with zero attached hydrogens (tertiary/aromatic N) is 1. The number of halogens is 1. The van der Waals surface area contributed by atoms with Crippen LogP contribution in [0.2, 0.25) is 0 Å². The third-order valence-electron chi connectivity index (χ3n) is 4.14. The molecule has 2 heterocycles. The first kappa shape index (κ1) is 11.2. The number of fused-ring (bicyclic) bond motifs is 3. The number of amides is 1. The quantitative estimate of drug-likeness (QED) is 0.812. The first-order valence-electron chi connectivity index (χ1n) is 6.23. The van der Waals surface area contributed by atoms with Gasteiger partial charge in [0, 0.05) is 16.2 Å². The minimum absolute atomic E-state index is 0.0773. The Kier molecular flexibility index (Phi) is 2.16. The Morgan fingerprint density at radius 3 is 2.95 bits per heavy atom. The third-order valence-corrected chi connectivity index (χ3v) is 4.64. The van der Waals surface area contributed by atoms with Crippen molar-refractivity contribution in [3.05, 3.63) is 57.7 Å². The molecule has 1 aliphatic heterocycles. The molecule has 1 amide bonds. The van der Waals surface area contributed by atoms with Gasteiger partial charge in [-0.1, -0.05) is 28.1 Å². The summed E-state index contributed by atoms with van der Waals surface area (Å²) in [4.78, 5) is 16.7. The molecular weight excluding hydrogens is 304 g/mol. The average Bonchev–Trinajstić information content (AvgIpc) is 2.90. The summed E-state index contributed by atoms with van der Waals surface area (Å²) in [5, 5.41) is 2.92. The van der Waals surface area contributed by atoms with Gasteiger partial charge in [0.1, 0.15) is 5.82 Å². The van der Waals surface area contributed by atoms with Crippen molar-refractivity contribution in [2.24, 2.45) is 0 Å². The molecule has 0 bridgehead atoms. The monoisotopic (exact) mass is 314 g/mol. The Morgan fingerprint density at radius 2 is 2.05 bits per heavy atom. The normalized spacial score (nSPS) is 23.3. The molecule has 2 aliphatic rings. The van der Waals surface area contributed by atoms with Crippen LogP contribution in [0.15, 0.2) is 41.0 Å². The number of rotatable bonds is 0. The van der Waals surface area contributed by atoms with Crippen LogP contribution >= 0.6 is 15.9 Å². The van der Waals surface area contributed by atoms with Gasteiger partial charge in [0.25, 0.3) is 0 Å². The second-order valence-corrected chi connectivity index (χ2v) is 6.12. The fourth-order valence-corrected chi connectivity index (χ4v) is 3.64. The maximum atomic E-state index is 12.4. The zero-order valence-electron chi connectivity index (χ0n) is 10.1. The van der Waals surface area contributed by atoms with Crippen molar-refractivity contribution in [1.82, 2.24) is 4.98 Å². The number of pyridine rings is 1. The first-order chi connectivity index (χ1) is 9.19. The van der Waals surface area contributed by atoms with Crippen LogP contribution in [0.5, 0.6) is 0 Å². The smallest absolute Gasteiger partial charge is 0.237 e. The molecule has 0 saturated carbocycles. The summed E-state index contributed by atoms with van der Waals surface area (Å²) in [6.07, 6.45) is 3.24. The summed E-state index contributed by atoms with van der Waals surface area (Å²) in [5.74, 6) is 0.799. The van der Waals surface area contributed by atoms with Crippen molar-refractivity contribution in [2.45, 2.75) is 18.3 Å². The van der Waals surface area contributed by atoms with Gasteiger partial charge in [-0.25, -0.2) is 4.98 Å². The van der Waals surface area contributed by atoms with E-state index in [4.69, 9.17) is 0 Å². The van der Waals surface area contributed by atoms with Crippen LogP contribution in [0.25, 0.3) is 0 Å². The topological polar surface area (TPSA) is 42.0 Å². The zero-order chi connectivity index (χ0) is 13.0. The molecule has 1 aromatic heterocycles. The fourth-order valence-electron chi connectivity index (χ4n) is 3.24. The molecule has 3 nitrogen and oxygen atoms in total. The molecule has 1 spiro atoms. The number of carbonyl (C=O) groups is 1. The summed E-state index contributed by atoms with van der Waals surface area (Å²) >= 11 is 3.50. The van der Waals surface area contributed by atoms with Gasteiger partial charge >= 0.3 is 0 Å². The molecule has 19 heavy (non-hydrogen) atoms. The number of aromatic nitrogens is 1. The number of nitrogens with one attached hydrogen (secondary N) is 1. The molecule has 2 aromatic rings. The predicted octanol–water partition coefficient (Wildman–Crippen LogP) is 2.83. The molecule has 0 saturated heterocycles. The Morgan fingerprint density at radius 1 is 1.21 bits per heavy atom. The highest BCUT2D eigenvalue weighted by atomic mass is 79.9. The van der Waals surface area contributed by atoms with Gasteiger partial charge < -0.3 is 5.32 Å². The fraction of sp³-hybridized carbons (Fsp3) is 0.200. The van der Waals surface area contributed by atoms with E-state index in [0.717, 1.165) is 28.7 Å². The van der Waals surface area contributed by atoms with Crippen LogP contribution < -0.4 is 5.32 Å². The van der Waals surface area contributed by atoms with Gasteiger partial charge in [0.2, 0.25) is 5.91 Å². The van der Waals surface area contributed by atoms with E-state index >= 15 is 0 Å². The van der Waals surface area contributed by atoms with E-state index in [-0.39, 0.29) is 5.91 Å². The van der Waals surface area contributed by atoms with Crippen molar-refractivity contribution in [3.8, 4) is 0 Å². The Bertz CT molecular complexity index is 713. The minimum atomic E-state index is -0.452. The first-order valence-corrected chi connectivity index (χ1v) is 7.03. The molecule has 1 atom stereocenters. The highest BCUT2D eigenvalue weighted by molar-refractivity contribution is 9.10. The van der Waals surface area contributed by atoms with Crippen molar-refractivity contribution >= 4 is 27.7 Å². The summed E-state index contributed by atoms with van der Waals surface area (Å²) in [6, 6.07) is 10.2. The van der Waals surface area contributed by atoms with Gasteiger partial charge in [-0.2, -0.15) is 0 Å². The van der Waals surface area contributed by atoms with Gasteiger partial charge in [0.05, 0.1) is 5.41 Å². The third kappa shape index (κ3) is 1.43. The van der Waals surface area contributed by atoms with Gasteiger partial charge in [-0.15, -0.1) is 0 Å². The highest BCUT2D eigenvalue weighted by Crippen LogP contribution is 2.46. The largest absolute Gasteiger partial charge is 0.310 e. The molecule has 94 valence electrons. The van der Waals surface area contributed by atoms with Crippen molar-refractivity contribution in [1.29, 1.82) is 0 Å². The van der Waals surface area contributed by atoms with Crippen LogP contribution in [0.3, 0.4) is 0 Å². The summed E-state index contributed by atoms with van der Waals surface area (Å²) in [6.45, 7) is 0. The summed E-state index contributed by atoms with van der Waals surface area (Å²) < 4.78 is 1.06. The van der Waals surface area contributed by atoms with E-state index in [9.17, 15) is 4.79 Å². The SMILES string of the molecule is O=C1Nc2ncccc2C12Cc1ccc(Br)cc1C2. The number of benzene rings is 1. The summed E-state index contributed by atoms with van der Waals surface area (Å²) in [5.41, 5.74) is 3.09. The Labute approximate surface area is 119 Å². The predicted molar refractivity (Wildman–Crippen MR) is 76.1 cm³/mol. The molecule has 1 aromatic carbocycles.